The predicted octanol–water partition coefficient (Wildman–Crippen LogP) is 2.98. The minimum absolute atomic E-state index is 0.00824. The normalized spacial score (nSPS) is 12.3. The zero-order valence-electron chi connectivity index (χ0n) is 10.1. The van der Waals surface area contributed by atoms with E-state index in [1.807, 2.05) is 0 Å². The maximum atomic E-state index is 13.1. The number of nitro groups is 1. The molecule has 6 nitrogen and oxygen atoms in total. The van der Waals surface area contributed by atoms with E-state index in [9.17, 15) is 19.3 Å². The Bertz CT molecular complexity index is 520. The molecule has 0 heterocycles. The van der Waals surface area contributed by atoms with Crippen molar-refractivity contribution in [3.63, 3.8) is 0 Å². The van der Waals surface area contributed by atoms with Gasteiger partial charge in [0.2, 0.25) is 5.75 Å². The minimum Gasteiger partial charge on any atom is -0.478 e. The van der Waals surface area contributed by atoms with E-state index < -0.39 is 34.4 Å². The van der Waals surface area contributed by atoms with Gasteiger partial charge in [0.25, 0.3) is 0 Å². The van der Waals surface area contributed by atoms with E-state index in [0.29, 0.717) is 6.07 Å². The van der Waals surface area contributed by atoms with Crippen molar-refractivity contribution in [2.75, 3.05) is 0 Å². The molecule has 0 fully saturated rings. The van der Waals surface area contributed by atoms with E-state index in [2.05, 4.69) is 15.9 Å². The number of nitrogens with zero attached hydrogens (tertiary/aromatic N) is 1. The van der Waals surface area contributed by atoms with Crippen molar-refractivity contribution in [3.05, 3.63) is 32.5 Å². The lowest BCUT2D eigenvalue weighted by atomic mass is 10.1. The highest BCUT2D eigenvalue weighted by molar-refractivity contribution is 9.10. The maximum absolute atomic E-state index is 13.1. The molecule has 0 saturated carbocycles. The average Bonchev–Trinajstić information content (AvgIpc) is 2.25. The molecule has 104 valence electrons. The lowest BCUT2D eigenvalue weighted by molar-refractivity contribution is -0.386. The Hall–Kier alpha value is -1.70. The summed E-state index contributed by atoms with van der Waals surface area (Å²) in [5.74, 6) is -2.77. The van der Waals surface area contributed by atoms with Crippen LogP contribution in [0.1, 0.15) is 13.8 Å². The standard InChI is InChI=1S/C11H11BrFNO5/c1-5(2)9(11(15)16)19-10-7(12)3-6(13)4-8(10)14(17)18/h3-5,9H,1-2H3,(H,15,16). The Morgan fingerprint density at radius 1 is 1.53 bits per heavy atom. The first-order chi connectivity index (χ1) is 8.73. The first kappa shape index (κ1) is 15.4. The maximum Gasteiger partial charge on any atom is 0.345 e. The molecular formula is C11H11BrFNO5. The third kappa shape index (κ3) is 3.63. The minimum atomic E-state index is -1.26. The number of carboxylic acids is 1. The molecule has 0 spiro atoms. The van der Waals surface area contributed by atoms with E-state index in [0.717, 1.165) is 6.07 Å². The second kappa shape index (κ2) is 5.96. The molecule has 0 saturated heterocycles. The van der Waals surface area contributed by atoms with Crippen molar-refractivity contribution < 1.29 is 24.0 Å². The van der Waals surface area contributed by atoms with E-state index in [4.69, 9.17) is 9.84 Å². The second-order valence-corrected chi connectivity index (χ2v) is 4.97. The van der Waals surface area contributed by atoms with Gasteiger partial charge in [-0.15, -0.1) is 0 Å². The first-order valence-corrected chi connectivity index (χ1v) is 6.06. The summed E-state index contributed by atoms with van der Waals surface area (Å²) in [4.78, 5) is 21.0. The van der Waals surface area contributed by atoms with Crippen LogP contribution < -0.4 is 4.74 Å². The van der Waals surface area contributed by atoms with Crippen molar-refractivity contribution in [3.8, 4) is 5.75 Å². The monoisotopic (exact) mass is 335 g/mol. The smallest absolute Gasteiger partial charge is 0.345 e. The highest BCUT2D eigenvalue weighted by Gasteiger charge is 2.29. The van der Waals surface area contributed by atoms with Crippen LogP contribution in [0.4, 0.5) is 10.1 Å². The van der Waals surface area contributed by atoms with Crippen molar-refractivity contribution in [2.24, 2.45) is 5.92 Å². The van der Waals surface area contributed by atoms with Crippen LogP contribution in [0.15, 0.2) is 16.6 Å². The molecule has 1 unspecified atom stereocenters. The van der Waals surface area contributed by atoms with Gasteiger partial charge in [0.1, 0.15) is 5.82 Å². The molecule has 0 aliphatic heterocycles. The zero-order valence-corrected chi connectivity index (χ0v) is 11.7. The van der Waals surface area contributed by atoms with Crippen LogP contribution >= 0.6 is 15.9 Å². The lowest BCUT2D eigenvalue weighted by Crippen LogP contribution is -2.32. The SMILES string of the molecule is CC(C)C(Oc1c(Br)cc(F)cc1[N+](=O)[O-])C(=O)O. The van der Waals surface area contributed by atoms with Gasteiger partial charge in [-0.25, -0.2) is 9.18 Å². The summed E-state index contributed by atoms with van der Waals surface area (Å²) in [5, 5.41) is 19.8. The Kier molecular flexibility index (Phi) is 4.82. The summed E-state index contributed by atoms with van der Waals surface area (Å²) >= 11 is 2.93. The van der Waals surface area contributed by atoms with Gasteiger partial charge in [-0.3, -0.25) is 10.1 Å². The lowest BCUT2D eigenvalue weighted by Gasteiger charge is -2.19. The summed E-state index contributed by atoms with van der Waals surface area (Å²) in [6, 6.07) is 1.65. The van der Waals surface area contributed by atoms with Crippen LogP contribution in [0.3, 0.4) is 0 Å². The number of hydrogen-bond donors (Lipinski definition) is 1. The number of hydrogen-bond acceptors (Lipinski definition) is 4. The quantitative estimate of drug-likeness (QED) is 0.659. The van der Waals surface area contributed by atoms with E-state index in [-0.39, 0.29) is 10.2 Å². The van der Waals surface area contributed by atoms with Gasteiger partial charge in [0.15, 0.2) is 6.10 Å². The molecule has 0 aromatic heterocycles. The van der Waals surface area contributed by atoms with E-state index in [1.165, 1.54) is 0 Å². The fraction of sp³-hybridized carbons (Fsp3) is 0.364. The van der Waals surface area contributed by atoms with Crippen LogP contribution in [-0.2, 0) is 4.79 Å². The number of ether oxygens (including phenoxy) is 1. The number of benzene rings is 1. The molecule has 1 rings (SSSR count). The Labute approximate surface area is 116 Å². The van der Waals surface area contributed by atoms with Gasteiger partial charge in [-0.05, 0) is 22.0 Å². The Morgan fingerprint density at radius 2 is 2.11 bits per heavy atom. The van der Waals surface area contributed by atoms with E-state index in [1.54, 1.807) is 13.8 Å². The molecule has 1 aromatic rings. The fourth-order valence-corrected chi connectivity index (χ4v) is 1.91. The van der Waals surface area contributed by atoms with Crippen molar-refractivity contribution in [1.29, 1.82) is 0 Å². The molecule has 0 bridgehead atoms. The van der Waals surface area contributed by atoms with Crippen LogP contribution in [-0.4, -0.2) is 22.1 Å². The molecular weight excluding hydrogens is 325 g/mol. The number of aliphatic carboxylic acids is 1. The number of carbonyl (C=O) groups is 1. The molecule has 1 N–H and O–H groups in total. The third-order valence-corrected chi connectivity index (χ3v) is 2.87. The molecule has 0 amide bonds. The molecule has 0 radical (unpaired) electrons. The van der Waals surface area contributed by atoms with Crippen LogP contribution in [0.5, 0.6) is 5.75 Å². The van der Waals surface area contributed by atoms with E-state index >= 15 is 0 Å². The van der Waals surface area contributed by atoms with Crippen LogP contribution in [0, 0.1) is 21.8 Å². The zero-order chi connectivity index (χ0) is 14.7. The molecule has 19 heavy (non-hydrogen) atoms. The molecule has 1 aromatic carbocycles. The number of halogens is 2. The van der Waals surface area contributed by atoms with Crippen LogP contribution in [0.25, 0.3) is 0 Å². The largest absolute Gasteiger partial charge is 0.478 e. The molecule has 0 aliphatic rings. The molecule has 0 aliphatic carbocycles. The number of carboxylic acid groups (broad SMARTS) is 1. The van der Waals surface area contributed by atoms with Gasteiger partial charge >= 0.3 is 11.7 Å². The van der Waals surface area contributed by atoms with Crippen molar-refractivity contribution in [2.45, 2.75) is 20.0 Å². The predicted molar refractivity (Wildman–Crippen MR) is 67.6 cm³/mol. The van der Waals surface area contributed by atoms with Gasteiger partial charge < -0.3 is 9.84 Å². The molecule has 8 heteroatoms. The highest BCUT2D eigenvalue weighted by Crippen LogP contribution is 2.37. The summed E-state index contributed by atoms with van der Waals surface area (Å²) < 4.78 is 18.3. The van der Waals surface area contributed by atoms with Gasteiger partial charge in [-0.1, -0.05) is 13.8 Å². The first-order valence-electron chi connectivity index (χ1n) is 5.27. The second-order valence-electron chi connectivity index (χ2n) is 4.11. The number of nitro benzene ring substituents is 1. The molecule has 1 atom stereocenters. The Morgan fingerprint density at radius 3 is 2.53 bits per heavy atom. The third-order valence-electron chi connectivity index (χ3n) is 2.28. The summed E-state index contributed by atoms with van der Waals surface area (Å²) in [5.41, 5.74) is -0.626. The summed E-state index contributed by atoms with van der Waals surface area (Å²) in [6.45, 7) is 3.20. The fourth-order valence-electron chi connectivity index (χ4n) is 1.40. The van der Waals surface area contributed by atoms with Gasteiger partial charge in [0.05, 0.1) is 15.5 Å². The van der Waals surface area contributed by atoms with Crippen LogP contribution in [0.2, 0.25) is 0 Å². The van der Waals surface area contributed by atoms with Gasteiger partial charge in [-0.2, -0.15) is 0 Å². The Balaban J connectivity index is 3.26. The average molecular weight is 336 g/mol. The topological polar surface area (TPSA) is 89.7 Å². The summed E-state index contributed by atoms with van der Waals surface area (Å²) in [7, 11) is 0. The highest BCUT2D eigenvalue weighted by atomic mass is 79.9. The van der Waals surface area contributed by atoms with Gasteiger partial charge in [0, 0.05) is 5.92 Å². The van der Waals surface area contributed by atoms with Crippen molar-refractivity contribution >= 4 is 27.6 Å². The number of rotatable bonds is 5. The summed E-state index contributed by atoms with van der Waals surface area (Å²) in [6.07, 6.45) is -1.26. The van der Waals surface area contributed by atoms with Crippen molar-refractivity contribution in [1.82, 2.24) is 0 Å².